The molecule has 0 atom stereocenters. The van der Waals surface area contributed by atoms with Gasteiger partial charge in [0, 0.05) is 38.2 Å². The molecule has 0 bridgehead atoms. The number of benzene rings is 1. The molecule has 0 unspecified atom stereocenters. The molecule has 1 aliphatic heterocycles. The van der Waals surface area contributed by atoms with Crippen LogP contribution in [0.2, 0.25) is 0 Å². The van der Waals surface area contributed by atoms with Crippen LogP contribution in [0, 0.1) is 5.92 Å². The van der Waals surface area contributed by atoms with Crippen molar-refractivity contribution in [3.8, 4) is 11.4 Å². The molecule has 1 saturated heterocycles. The molecule has 3 aromatic rings. The van der Waals surface area contributed by atoms with Gasteiger partial charge < -0.3 is 19.7 Å². The monoisotopic (exact) mass is 482 g/mol. The standard InChI is InChI=1S/C25H34N6O4/c32-15-18-9-12-30(13-10-18)24-22-25(28-23(27-24)20-7-5-6-19(14-20)16-33)31(17-26-22)11-4-2-1-3-8-21(34)29-35/h5-7,14,17-18,32-33,35H,1-4,8-13,15-16H2,(H,29,34). The summed E-state index contributed by atoms with van der Waals surface area (Å²) in [6, 6.07) is 7.63. The molecule has 1 fully saturated rings. The number of unbranched alkanes of at least 4 members (excludes halogenated alkanes) is 3. The van der Waals surface area contributed by atoms with Gasteiger partial charge in [-0.1, -0.05) is 31.0 Å². The van der Waals surface area contributed by atoms with Crippen molar-refractivity contribution < 1.29 is 20.2 Å². The summed E-state index contributed by atoms with van der Waals surface area (Å²) in [5.74, 6) is 1.38. The molecule has 4 N–H and O–H groups in total. The number of amides is 1. The molecular formula is C25H34N6O4. The van der Waals surface area contributed by atoms with Crippen molar-refractivity contribution in [1.82, 2.24) is 25.0 Å². The van der Waals surface area contributed by atoms with Crippen LogP contribution in [0.4, 0.5) is 5.82 Å². The largest absolute Gasteiger partial charge is 0.396 e. The van der Waals surface area contributed by atoms with E-state index < -0.39 is 0 Å². The fourth-order valence-corrected chi connectivity index (χ4v) is 4.56. The molecule has 1 aliphatic rings. The van der Waals surface area contributed by atoms with Gasteiger partial charge in [0.05, 0.1) is 12.9 Å². The van der Waals surface area contributed by atoms with Gasteiger partial charge in [-0.2, -0.15) is 0 Å². The summed E-state index contributed by atoms with van der Waals surface area (Å²) in [5.41, 5.74) is 4.87. The maximum Gasteiger partial charge on any atom is 0.243 e. The van der Waals surface area contributed by atoms with Gasteiger partial charge in [0.1, 0.15) is 0 Å². The number of hydrogen-bond acceptors (Lipinski definition) is 8. The number of aliphatic hydroxyl groups is 2. The third-order valence-corrected chi connectivity index (χ3v) is 6.66. The van der Waals surface area contributed by atoms with Crippen molar-refractivity contribution in [3.63, 3.8) is 0 Å². The zero-order valence-electron chi connectivity index (χ0n) is 19.9. The topological polar surface area (TPSA) is 137 Å². The Morgan fingerprint density at radius 1 is 1.09 bits per heavy atom. The molecule has 1 amide bonds. The van der Waals surface area contributed by atoms with Gasteiger partial charge in [-0.25, -0.2) is 20.4 Å². The highest BCUT2D eigenvalue weighted by atomic mass is 16.5. The number of nitrogens with one attached hydrogen (secondary N) is 1. The highest BCUT2D eigenvalue weighted by Gasteiger charge is 2.24. The molecule has 4 rings (SSSR count). The van der Waals surface area contributed by atoms with Gasteiger partial charge in [0.2, 0.25) is 5.91 Å². The predicted octanol–water partition coefficient (Wildman–Crippen LogP) is 2.65. The van der Waals surface area contributed by atoms with Crippen LogP contribution < -0.4 is 10.4 Å². The zero-order valence-corrected chi connectivity index (χ0v) is 19.9. The maximum atomic E-state index is 11.1. The molecule has 2 aromatic heterocycles. The first-order valence-electron chi connectivity index (χ1n) is 12.3. The van der Waals surface area contributed by atoms with Crippen LogP contribution in [-0.2, 0) is 17.9 Å². The Morgan fingerprint density at radius 2 is 1.89 bits per heavy atom. The zero-order chi connectivity index (χ0) is 24.6. The number of nitrogens with zero attached hydrogens (tertiary/aromatic N) is 5. The second-order valence-electron chi connectivity index (χ2n) is 9.15. The lowest BCUT2D eigenvalue weighted by Crippen LogP contribution is -2.35. The second kappa shape index (κ2) is 12.1. The van der Waals surface area contributed by atoms with Crippen molar-refractivity contribution in [2.45, 2.75) is 58.1 Å². The number of aryl methyl sites for hydroxylation is 1. The minimum absolute atomic E-state index is 0.0461. The lowest BCUT2D eigenvalue weighted by Gasteiger charge is -2.32. The molecule has 0 radical (unpaired) electrons. The van der Waals surface area contributed by atoms with Gasteiger partial charge in [0.15, 0.2) is 22.8 Å². The Hall–Kier alpha value is -3.08. The number of aliphatic hydroxyl groups excluding tert-OH is 2. The normalized spacial score (nSPS) is 14.5. The van der Waals surface area contributed by atoms with Crippen molar-refractivity contribution in [3.05, 3.63) is 36.2 Å². The second-order valence-corrected chi connectivity index (χ2v) is 9.15. The number of rotatable bonds is 11. The van der Waals surface area contributed by atoms with Gasteiger partial charge >= 0.3 is 0 Å². The summed E-state index contributed by atoms with van der Waals surface area (Å²) in [5, 5.41) is 27.7. The van der Waals surface area contributed by atoms with Crippen LogP contribution in [0.3, 0.4) is 0 Å². The Morgan fingerprint density at radius 3 is 2.63 bits per heavy atom. The van der Waals surface area contributed by atoms with Crippen molar-refractivity contribution in [1.29, 1.82) is 0 Å². The van der Waals surface area contributed by atoms with E-state index in [0.29, 0.717) is 18.2 Å². The van der Waals surface area contributed by atoms with E-state index in [0.717, 1.165) is 86.3 Å². The van der Waals surface area contributed by atoms with Gasteiger partial charge in [-0.05, 0) is 43.2 Å². The highest BCUT2D eigenvalue weighted by molar-refractivity contribution is 5.86. The number of carbonyl (C=O) groups excluding carboxylic acids is 1. The van der Waals surface area contributed by atoms with Gasteiger partial charge in [-0.15, -0.1) is 0 Å². The first-order chi connectivity index (χ1) is 17.1. The predicted molar refractivity (Wildman–Crippen MR) is 132 cm³/mol. The number of fused-ring (bicyclic) bond motifs is 1. The van der Waals surface area contributed by atoms with Crippen LogP contribution in [0.25, 0.3) is 22.6 Å². The number of anilines is 1. The number of piperidine rings is 1. The number of carbonyl (C=O) groups is 1. The fourth-order valence-electron chi connectivity index (χ4n) is 4.56. The van der Waals surface area contributed by atoms with Crippen LogP contribution >= 0.6 is 0 Å². The molecule has 188 valence electrons. The Labute approximate surface area is 204 Å². The van der Waals surface area contributed by atoms with E-state index in [-0.39, 0.29) is 19.1 Å². The van der Waals surface area contributed by atoms with Gasteiger partial charge in [-0.3, -0.25) is 10.0 Å². The summed E-state index contributed by atoms with van der Waals surface area (Å²) in [6.45, 7) is 2.53. The van der Waals surface area contributed by atoms with Crippen LogP contribution in [0.5, 0.6) is 0 Å². The maximum absolute atomic E-state index is 11.1. The Kier molecular flexibility index (Phi) is 8.62. The van der Waals surface area contributed by atoms with Crippen molar-refractivity contribution >= 4 is 22.9 Å². The lowest BCUT2D eigenvalue weighted by atomic mass is 9.98. The van der Waals surface area contributed by atoms with Gasteiger partial charge in [0.25, 0.3) is 0 Å². The van der Waals surface area contributed by atoms with Crippen LogP contribution in [0.1, 0.15) is 50.5 Å². The SMILES string of the molecule is O=C(CCCCCCn1cnc2c(N3CCC(CO)CC3)nc(-c3cccc(CO)c3)nc21)NO. The molecule has 3 heterocycles. The van der Waals surface area contributed by atoms with E-state index >= 15 is 0 Å². The lowest BCUT2D eigenvalue weighted by molar-refractivity contribution is -0.129. The fraction of sp³-hybridized carbons (Fsp3) is 0.520. The average Bonchev–Trinajstić information content (AvgIpc) is 3.32. The third-order valence-electron chi connectivity index (χ3n) is 6.66. The van der Waals surface area contributed by atoms with E-state index in [4.69, 9.17) is 15.2 Å². The molecule has 1 aromatic carbocycles. The molecular weight excluding hydrogens is 448 g/mol. The molecule has 0 saturated carbocycles. The minimum atomic E-state index is -0.351. The van der Waals surface area contributed by atoms with Crippen molar-refractivity contribution in [2.24, 2.45) is 5.92 Å². The number of hydrogen-bond donors (Lipinski definition) is 4. The van der Waals surface area contributed by atoms with E-state index in [2.05, 4.69) is 14.5 Å². The summed E-state index contributed by atoms with van der Waals surface area (Å²) < 4.78 is 2.06. The van der Waals surface area contributed by atoms with E-state index in [1.54, 1.807) is 5.48 Å². The molecule has 0 spiro atoms. The quantitative estimate of drug-likeness (QED) is 0.186. The van der Waals surface area contributed by atoms with Crippen LogP contribution in [-0.4, -0.2) is 60.5 Å². The highest BCUT2D eigenvalue weighted by Crippen LogP contribution is 2.30. The summed E-state index contributed by atoms with van der Waals surface area (Å²) in [7, 11) is 0. The Balaban J connectivity index is 1.57. The smallest absolute Gasteiger partial charge is 0.243 e. The van der Waals surface area contributed by atoms with E-state index in [1.807, 2.05) is 30.6 Å². The van der Waals surface area contributed by atoms with Crippen LogP contribution in [0.15, 0.2) is 30.6 Å². The van der Waals surface area contributed by atoms with Crippen molar-refractivity contribution in [2.75, 3.05) is 24.6 Å². The number of aromatic nitrogens is 4. The molecule has 0 aliphatic carbocycles. The molecule has 35 heavy (non-hydrogen) atoms. The number of hydroxylamine groups is 1. The van der Waals surface area contributed by atoms with E-state index in [9.17, 15) is 15.0 Å². The first kappa shape index (κ1) is 25.0. The minimum Gasteiger partial charge on any atom is -0.396 e. The summed E-state index contributed by atoms with van der Waals surface area (Å²) in [4.78, 5) is 27.9. The third kappa shape index (κ3) is 6.14. The summed E-state index contributed by atoms with van der Waals surface area (Å²) >= 11 is 0. The Bertz CT molecular complexity index is 1130. The van der Waals surface area contributed by atoms with E-state index in [1.165, 1.54) is 0 Å². The molecule has 10 nitrogen and oxygen atoms in total. The summed E-state index contributed by atoms with van der Waals surface area (Å²) in [6.07, 6.45) is 7.47. The first-order valence-corrected chi connectivity index (χ1v) is 12.3. The number of imidazole rings is 1. The average molecular weight is 483 g/mol. The molecule has 10 heteroatoms.